The highest BCUT2D eigenvalue weighted by Crippen LogP contribution is 2.04. The lowest BCUT2D eigenvalue weighted by Gasteiger charge is -2.16. The maximum atomic E-state index is 12.8. The van der Waals surface area contributed by atoms with Crippen LogP contribution in [0.5, 0.6) is 0 Å². The van der Waals surface area contributed by atoms with Crippen molar-refractivity contribution in [3.63, 3.8) is 0 Å². The Balaban J connectivity index is 1.99. The van der Waals surface area contributed by atoms with Crippen LogP contribution in [0.25, 0.3) is 0 Å². The molecule has 0 spiro atoms. The summed E-state index contributed by atoms with van der Waals surface area (Å²) < 4.78 is 12.8. The van der Waals surface area contributed by atoms with E-state index in [1.165, 1.54) is 12.1 Å². The van der Waals surface area contributed by atoms with E-state index in [9.17, 15) is 9.18 Å². The number of nitrogens with zero attached hydrogens (tertiary/aromatic N) is 1. The molecule has 104 valence electrons. The van der Waals surface area contributed by atoms with Gasteiger partial charge in [-0.15, -0.1) is 0 Å². The van der Waals surface area contributed by atoms with Gasteiger partial charge in [-0.1, -0.05) is 30.3 Å². The Morgan fingerprint density at radius 2 is 2.00 bits per heavy atom. The molecule has 3 N–H and O–H groups in total. The minimum absolute atomic E-state index is 0.179. The standard InChI is InChI=1S/C15H16FN3O/c16-12-6-7-14(18-10-12)15(20)19-13(9-17)8-11-4-2-1-3-5-11/h1-7,10,13H,8-9,17H2,(H,19,20). The normalized spacial score (nSPS) is 11.9. The van der Waals surface area contributed by atoms with E-state index in [4.69, 9.17) is 5.73 Å². The fourth-order valence-corrected chi connectivity index (χ4v) is 1.86. The van der Waals surface area contributed by atoms with Gasteiger partial charge in [-0.05, 0) is 24.1 Å². The molecule has 2 rings (SSSR count). The zero-order valence-corrected chi connectivity index (χ0v) is 10.9. The van der Waals surface area contributed by atoms with Gasteiger partial charge in [0, 0.05) is 12.6 Å². The summed E-state index contributed by atoms with van der Waals surface area (Å²) in [5.41, 5.74) is 6.95. The third-order valence-electron chi connectivity index (χ3n) is 2.90. The summed E-state index contributed by atoms with van der Waals surface area (Å²) >= 11 is 0. The Hall–Kier alpha value is -2.27. The van der Waals surface area contributed by atoms with E-state index in [-0.39, 0.29) is 17.6 Å². The Kier molecular flexibility index (Phi) is 4.79. The molecule has 0 saturated heterocycles. The van der Waals surface area contributed by atoms with Gasteiger partial charge in [0.2, 0.25) is 0 Å². The Morgan fingerprint density at radius 3 is 2.60 bits per heavy atom. The molecule has 4 nitrogen and oxygen atoms in total. The second-order valence-corrected chi connectivity index (χ2v) is 4.46. The molecule has 1 heterocycles. The SMILES string of the molecule is NCC(Cc1ccccc1)NC(=O)c1ccc(F)cn1. The lowest BCUT2D eigenvalue weighted by molar-refractivity contribution is 0.0933. The molecule has 20 heavy (non-hydrogen) atoms. The molecule has 1 aromatic carbocycles. The second kappa shape index (κ2) is 6.77. The number of pyridine rings is 1. The topological polar surface area (TPSA) is 68.0 Å². The first-order valence-corrected chi connectivity index (χ1v) is 6.35. The lowest BCUT2D eigenvalue weighted by Crippen LogP contribution is -2.42. The number of carbonyl (C=O) groups excluding carboxylic acids is 1. The molecule has 2 aromatic rings. The quantitative estimate of drug-likeness (QED) is 0.868. The van der Waals surface area contributed by atoms with Gasteiger partial charge in [0.05, 0.1) is 6.20 Å². The third-order valence-corrected chi connectivity index (χ3v) is 2.90. The van der Waals surface area contributed by atoms with Crippen LogP contribution in [0.3, 0.4) is 0 Å². The number of rotatable bonds is 5. The van der Waals surface area contributed by atoms with E-state index in [1.54, 1.807) is 0 Å². The van der Waals surface area contributed by atoms with Gasteiger partial charge in [-0.3, -0.25) is 4.79 Å². The number of nitrogens with two attached hydrogens (primary N) is 1. The van der Waals surface area contributed by atoms with Crippen molar-refractivity contribution in [2.45, 2.75) is 12.5 Å². The van der Waals surface area contributed by atoms with Crippen molar-refractivity contribution in [2.24, 2.45) is 5.73 Å². The lowest BCUT2D eigenvalue weighted by atomic mass is 10.1. The van der Waals surface area contributed by atoms with Gasteiger partial charge < -0.3 is 11.1 Å². The van der Waals surface area contributed by atoms with Crippen LogP contribution >= 0.6 is 0 Å². The molecule has 0 aliphatic carbocycles. The van der Waals surface area contributed by atoms with Gasteiger partial charge in [0.1, 0.15) is 11.5 Å². The molecule has 0 radical (unpaired) electrons. The number of carbonyl (C=O) groups is 1. The minimum atomic E-state index is -0.471. The molecule has 0 aliphatic rings. The van der Waals surface area contributed by atoms with Crippen molar-refractivity contribution in [1.82, 2.24) is 10.3 Å². The van der Waals surface area contributed by atoms with Crippen LogP contribution in [0.2, 0.25) is 0 Å². The molecule has 0 aliphatic heterocycles. The summed E-state index contributed by atoms with van der Waals surface area (Å²) in [4.78, 5) is 15.7. The van der Waals surface area contributed by atoms with Crippen molar-refractivity contribution < 1.29 is 9.18 Å². The number of aromatic nitrogens is 1. The zero-order chi connectivity index (χ0) is 14.4. The second-order valence-electron chi connectivity index (χ2n) is 4.46. The van der Waals surface area contributed by atoms with Gasteiger partial charge in [-0.2, -0.15) is 0 Å². The summed E-state index contributed by atoms with van der Waals surface area (Å²) in [6.45, 7) is 0.321. The average Bonchev–Trinajstić information content (AvgIpc) is 2.48. The van der Waals surface area contributed by atoms with Crippen LogP contribution in [-0.4, -0.2) is 23.5 Å². The van der Waals surface area contributed by atoms with Gasteiger partial charge in [0.15, 0.2) is 0 Å². The van der Waals surface area contributed by atoms with Crippen LogP contribution in [-0.2, 0) is 6.42 Å². The number of nitrogens with one attached hydrogen (secondary N) is 1. The summed E-state index contributed by atoms with van der Waals surface area (Å²) in [6, 6.07) is 12.1. The van der Waals surface area contributed by atoms with Crippen LogP contribution in [0.1, 0.15) is 16.1 Å². The van der Waals surface area contributed by atoms with Crippen LogP contribution in [0.15, 0.2) is 48.7 Å². The Morgan fingerprint density at radius 1 is 1.25 bits per heavy atom. The fourth-order valence-electron chi connectivity index (χ4n) is 1.86. The molecule has 1 unspecified atom stereocenters. The van der Waals surface area contributed by atoms with E-state index in [0.29, 0.717) is 13.0 Å². The first-order chi connectivity index (χ1) is 9.69. The van der Waals surface area contributed by atoms with Crippen molar-refractivity contribution in [3.05, 3.63) is 65.7 Å². The van der Waals surface area contributed by atoms with Gasteiger partial charge in [-0.25, -0.2) is 9.37 Å². The highest BCUT2D eigenvalue weighted by Gasteiger charge is 2.14. The predicted octanol–water partition coefficient (Wildman–Crippen LogP) is 1.52. The maximum Gasteiger partial charge on any atom is 0.270 e. The third kappa shape index (κ3) is 3.86. The molecule has 1 amide bonds. The Bertz CT molecular complexity index is 557. The summed E-state index contributed by atoms with van der Waals surface area (Å²) in [7, 11) is 0. The summed E-state index contributed by atoms with van der Waals surface area (Å²) in [5, 5.41) is 2.80. The average molecular weight is 273 g/mol. The molecule has 1 aromatic heterocycles. The smallest absolute Gasteiger partial charge is 0.270 e. The van der Waals surface area contributed by atoms with Gasteiger partial charge in [0.25, 0.3) is 5.91 Å². The molecule has 0 bridgehead atoms. The van der Waals surface area contributed by atoms with Crippen molar-refractivity contribution in [3.8, 4) is 0 Å². The van der Waals surface area contributed by atoms with Crippen molar-refractivity contribution in [1.29, 1.82) is 0 Å². The van der Waals surface area contributed by atoms with Crippen molar-refractivity contribution >= 4 is 5.91 Å². The predicted molar refractivity (Wildman–Crippen MR) is 74.6 cm³/mol. The van der Waals surface area contributed by atoms with Crippen LogP contribution < -0.4 is 11.1 Å². The monoisotopic (exact) mass is 273 g/mol. The molecular weight excluding hydrogens is 257 g/mol. The highest BCUT2D eigenvalue weighted by molar-refractivity contribution is 5.92. The minimum Gasteiger partial charge on any atom is -0.346 e. The van der Waals surface area contributed by atoms with E-state index >= 15 is 0 Å². The Labute approximate surface area is 116 Å². The zero-order valence-electron chi connectivity index (χ0n) is 10.9. The number of hydrogen-bond acceptors (Lipinski definition) is 3. The molecular formula is C15H16FN3O. The molecule has 5 heteroatoms. The van der Waals surface area contributed by atoms with Crippen LogP contribution in [0.4, 0.5) is 4.39 Å². The van der Waals surface area contributed by atoms with Gasteiger partial charge >= 0.3 is 0 Å². The summed E-state index contributed by atoms with van der Waals surface area (Å²) in [6.07, 6.45) is 1.66. The van der Waals surface area contributed by atoms with Crippen LogP contribution in [0, 0.1) is 5.82 Å². The number of hydrogen-bond donors (Lipinski definition) is 2. The number of amides is 1. The number of benzene rings is 1. The van der Waals surface area contributed by atoms with Crippen molar-refractivity contribution in [2.75, 3.05) is 6.54 Å². The fraction of sp³-hybridized carbons (Fsp3) is 0.200. The summed E-state index contributed by atoms with van der Waals surface area (Å²) in [5.74, 6) is -0.822. The first-order valence-electron chi connectivity index (χ1n) is 6.35. The van der Waals surface area contributed by atoms with E-state index in [0.717, 1.165) is 11.8 Å². The van der Waals surface area contributed by atoms with E-state index in [1.807, 2.05) is 30.3 Å². The first kappa shape index (κ1) is 14.1. The molecule has 0 fully saturated rings. The molecule has 0 saturated carbocycles. The van der Waals surface area contributed by atoms with E-state index < -0.39 is 5.82 Å². The number of halogens is 1. The van der Waals surface area contributed by atoms with E-state index in [2.05, 4.69) is 10.3 Å². The largest absolute Gasteiger partial charge is 0.346 e. The molecule has 1 atom stereocenters. The highest BCUT2D eigenvalue weighted by atomic mass is 19.1. The maximum absolute atomic E-state index is 12.8.